The lowest BCUT2D eigenvalue weighted by atomic mass is 9.76. The summed E-state index contributed by atoms with van der Waals surface area (Å²) in [5, 5.41) is 4.45. The standard InChI is InChI=1S/C17H26ClN/c1-2-11-19-13-16-6-4-3-5-15(16)12-14-7-9-17(18)10-8-14/h7-10,15-16,19H,2-6,11-13H2,1H3. The van der Waals surface area contributed by atoms with Gasteiger partial charge in [0.25, 0.3) is 0 Å². The van der Waals surface area contributed by atoms with Crippen molar-refractivity contribution in [3.05, 3.63) is 34.9 Å². The van der Waals surface area contributed by atoms with Crippen LogP contribution in [0, 0.1) is 11.8 Å². The summed E-state index contributed by atoms with van der Waals surface area (Å²) in [5.74, 6) is 1.70. The van der Waals surface area contributed by atoms with Gasteiger partial charge in [0.05, 0.1) is 0 Å². The lowest BCUT2D eigenvalue weighted by Crippen LogP contribution is -2.32. The Labute approximate surface area is 122 Å². The molecule has 0 amide bonds. The number of benzene rings is 1. The minimum atomic E-state index is 0.841. The Balaban J connectivity index is 1.89. The molecule has 0 heterocycles. The SMILES string of the molecule is CCCNCC1CCCCC1Cc1ccc(Cl)cc1. The van der Waals surface area contributed by atoms with Gasteiger partial charge >= 0.3 is 0 Å². The predicted molar refractivity (Wildman–Crippen MR) is 83.8 cm³/mol. The highest BCUT2D eigenvalue weighted by Crippen LogP contribution is 2.32. The average Bonchev–Trinajstić information content (AvgIpc) is 2.43. The number of rotatable bonds is 6. The first-order valence-corrected chi connectivity index (χ1v) is 8.12. The molecule has 0 spiro atoms. The van der Waals surface area contributed by atoms with Crippen molar-refractivity contribution in [2.24, 2.45) is 11.8 Å². The summed E-state index contributed by atoms with van der Waals surface area (Å²) in [5.41, 5.74) is 1.44. The summed E-state index contributed by atoms with van der Waals surface area (Å²) in [6.07, 6.45) is 8.05. The molecule has 1 aromatic rings. The number of hydrogen-bond donors (Lipinski definition) is 1. The van der Waals surface area contributed by atoms with E-state index in [-0.39, 0.29) is 0 Å². The number of halogens is 1. The lowest BCUT2D eigenvalue weighted by Gasteiger charge is -2.32. The van der Waals surface area contributed by atoms with Crippen LogP contribution in [0.25, 0.3) is 0 Å². The summed E-state index contributed by atoms with van der Waals surface area (Å²) < 4.78 is 0. The van der Waals surface area contributed by atoms with E-state index in [0.717, 1.165) is 23.4 Å². The first-order chi connectivity index (χ1) is 9.29. The molecule has 0 saturated heterocycles. The van der Waals surface area contributed by atoms with Gasteiger partial charge < -0.3 is 5.32 Å². The molecular formula is C17H26ClN. The Morgan fingerprint density at radius 1 is 1.11 bits per heavy atom. The zero-order valence-corrected chi connectivity index (χ0v) is 12.8. The van der Waals surface area contributed by atoms with Crippen molar-refractivity contribution in [1.82, 2.24) is 5.32 Å². The molecule has 1 aliphatic carbocycles. The maximum Gasteiger partial charge on any atom is 0.0406 e. The highest BCUT2D eigenvalue weighted by molar-refractivity contribution is 6.30. The second kappa shape index (κ2) is 7.91. The minimum absolute atomic E-state index is 0.841. The Kier molecular flexibility index (Phi) is 6.19. The van der Waals surface area contributed by atoms with Gasteiger partial charge in [0.2, 0.25) is 0 Å². The number of nitrogens with one attached hydrogen (secondary N) is 1. The van der Waals surface area contributed by atoms with Crippen LogP contribution in [0.3, 0.4) is 0 Å². The maximum absolute atomic E-state index is 5.96. The molecule has 19 heavy (non-hydrogen) atoms. The van der Waals surface area contributed by atoms with Gasteiger partial charge in [0.15, 0.2) is 0 Å². The van der Waals surface area contributed by atoms with Crippen molar-refractivity contribution in [3.8, 4) is 0 Å². The van der Waals surface area contributed by atoms with Crippen LogP contribution in [0.5, 0.6) is 0 Å². The zero-order valence-electron chi connectivity index (χ0n) is 12.0. The zero-order chi connectivity index (χ0) is 13.5. The van der Waals surface area contributed by atoms with Gasteiger partial charge in [-0.1, -0.05) is 43.5 Å². The third-order valence-electron chi connectivity index (χ3n) is 4.31. The van der Waals surface area contributed by atoms with Gasteiger partial charge in [-0.3, -0.25) is 0 Å². The monoisotopic (exact) mass is 279 g/mol. The molecule has 1 nitrogen and oxygen atoms in total. The van der Waals surface area contributed by atoms with Crippen molar-refractivity contribution in [1.29, 1.82) is 0 Å². The Bertz CT molecular complexity index is 360. The lowest BCUT2D eigenvalue weighted by molar-refractivity contribution is 0.229. The molecule has 0 bridgehead atoms. The normalized spacial score (nSPS) is 23.5. The van der Waals surface area contributed by atoms with E-state index >= 15 is 0 Å². The van der Waals surface area contributed by atoms with Crippen molar-refractivity contribution in [2.75, 3.05) is 13.1 Å². The summed E-state index contributed by atoms with van der Waals surface area (Å²) in [6.45, 7) is 4.59. The fourth-order valence-corrected chi connectivity index (χ4v) is 3.34. The van der Waals surface area contributed by atoms with Crippen LogP contribution in [-0.4, -0.2) is 13.1 Å². The molecule has 1 aromatic carbocycles. The maximum atomic E-state index is 5.96. The van der Waals surface area contributed by atoms with Crippen molar-refractivity contribution in [2.45, 2.75) is 45.4 Å². The van der Waals surface area contributed by atoms with Crippen LogP contribution >= 0.6 is 11.6 Å². The van der Waals surface area contributed by atoms with E-state index in [0.29, 0.717) is 0 Å². The smallest absolute Gasteiger partial charge is 0.0406 e. The molecule has 1 saturated carbocycles. The van der Waals surface area contributed by atoms with E-state index in [1.807, 2.05) is 12.1 Å². The topological polar surface area (TPSA) is 12.0 Å². The fourth-order valence-electron chi connectivity index (χ4n) is 3.21. The molecule has 1 aliphatic rings. The van der Waals surface area contributed by atoms with Crippen LogP contribution < -0.4 is 5.32 Å². The fraction of sp³-hybridized carbons (Fsp3) is 0.647. The van der Waals surface area contributed by atoms with Crippen LogP contribution in [0.2, 0.25) is 5.02 Å². The highest BCUT2D eigenvalue weighted by atomic mass is 35.5. The molecule has 2 atom stereocenters. The minimum Gasteiger partial charge on any atom is -0.316 e. The third kappa shape index (κ3) is 4.81. The highest BCUT2D eigenvalue weighted by Gasteiger charge is 2.24. The second-order valence-electron chi connectivity index (χ2n) is 5.84. The Hall–Kier alpha value is -0.530. The van der Waals surface area contributed by atoms with Crippen molar-refractivity contribution < 1.29 is 0 Å². The predicted octanol–water partition coefficient (Wildman–Crippen LogP) is 4.69. The van der Waals surface area contributed by atoms with Crippen molar-refractivity contribution in [3.63, 3.8) is 0 Å². The van der Waals surface area contributed by atoms with Crippen LogP contribution in [0.1, 0.15) is 44.6 Å². The van der Waals surface area contributed by atoms with Crippen LogP contribution in [0.15, 0.2) is 24.3 Å². The molecule has 2 unspecified atom stereocenters. The van der Waals surface area contributed by atoms with Gasteiger partial charge in [-0.2, -0.15) is 0 Å². The quantitative estimate of drug-likeness (QED) is 0.745. The van der Waals surface area contributed by atoms with Gasteiger partial charge in [-0.05, 0) is 68.3 Å². The van der Waals surface area contributed by atoms with Gasteiger partial charge in [-0.25, -0.2) is 0 Å². The van der Waals surface area contributed by atoms with Gasteiger partial charge in [0.1, 0.15) is 0 Å². The molecule has 1 fully saturated rings. The van der Waals surface area contributed by atoms with E-state index < -0.39 is 0 Å². The van der Waals surface area contributed by atoms with Crippen molar-refractivity contribution >= 4 is 11.6 Å². The molecular weight excluding hydrogens is 254 g/mol. The summed E-state index contributed by atoms with van der Waals surface area (Å²) in [4.78, 5) is 0. The summed E-state index contributed by atoms with van der Waals surface area (Å²) in [6, 6.07) is 8.41. The van der Waals surface area contributed by atoms with E-state index in [4.69, 9.17) is 11.6 Å². The second-order valence-corrected chi connectivity index (χ2v) is 6.28. The van der Waals surface area contributed by atoms with E-state index in [1.54, 1.807) is 0 Å². The van der Waals surface area contributed by atoms with Gasteiger partial charge in [0, 0.05) is 5.02 Å². The van der Waals surface area contributed by atoms with Crippen LogP contribution in [-0.2, 0) is 6.42 Å². The van der Waals surface area contributed by atoms with E-state index in [1.165, 1.54) is 50.6 Å². The molecule has 2 rings (SSSR count). The van der Waals surface area contributed by atoms with Crippen LogP contribution in [0.4, 0.5) is 0 Å². The molecule has 0 aromatic heterocycles. The summed E-state index contributed by atoms with van der Waals surface area (Å²) in [7, 11) is 0. The van der Waals surface area contributed by atoms with E-state index in [9.17, 15) is 0 Å². The Morgan fingerprint density at radius 3 is 2.47 bits per heavy atom. The molecule has 2 heteroatoms. The number of hydrogen-bond acceptors (Lipinski definition) is 1. The largest absolute Gasteiger partial charge is 0.316 e. The average molecular weight is 280 g/mol. The molecule has 0 aliphatic heterocycles. The summed E-state index contributed by atoms with van der Waals surface area (Å²) >= 11 is 5.96. The first kappa shape index (κ1) is 14.9. The van der Waals surface area contributed by atoms with Gasteiger partial charge in [-0.15, -0.1) is 0 Å². The first-order valence-electron chi connectivity index (χ1n) is 7.74. The third-order valence-corrected chi connectivity index (χ3v) is 4.56. The van der Waals surface area contributed by atoms with E-state index in [2.05, 4.69) is 24.4 Å². The molecule has 1 N–H and O–H groups in total. The molecule has 106 valence electrons. The Morgan fingerprint density at radius 2 is 1.79 bits per heavy atom. The molecule has 0 radical (unpaired) electrons.